The third kappa shape index (κ3) is 3.73. The van der Waals surface area contributed by atoms with Crippen LogP contribution in [-0.2, 0) is 11.2 Å². The average molecular weight is 399 g/mol. The van der Waals surface area contributed by atoms with Crippen LogP contribution in [0.25, 0.3) is 22.2 Å². The number of methoxy groups -OCH3 is 1. The first-order valence-electron chi connectivity index (χ1n) is 10.2. The van der Waals surface area contributed by atoms with Gasteiger partial charge in [-0.2, -0.15) is 0 Å². The van der Waals surface area contributed by atoms with Crippen molar-refractivity contribution < 1.29 is 9.53 Å². The summed E-state index contributed by atoms with van der Waals surface area (Å²) < 4.78 is 7.16. The Labute approximate surface area is 177 Å². The summed E-state index contributed by atoms with van der Waals surface area (Å²) in [6, 6.07) is 22.7. The molecule has 0 saturated heterocycles. The van der Waals surface area contributed by atoms with Gasteiger partial charge in [0.05, 0.1) is 23.7 Å². The largest absolute Gasteiger partial charge is 0.465 e. The van der Waals surface area contributed by atoms with E-state index in [1.165, 1.54) is 23.8 Å². The molecule has 0 unspecified atom stereocenters. The van der Waals surface area contributed by atoms with Gasteiger partial charge in [0, 0.05) is 12.5 Å². The molecule has 0 atom stereocenters. The number of aryl methyl sites for hydroxylation is 1. The fraction of sp³-hybridized carbons (Fsp3) is 0.231. The van der Waals surface area contributed by atoms with Gasteiger partial charge in [-0.25, -0.2) is 9.78 Å². The summed E-state index contributed by atoms with van der Waals surface area (Å²) in [5.41, 5.74) is 7.37. The van der Waals surface area contributed by atoms with Crippen LogP contribution >= 0.6 is 0 Å². The van der Waals surface area contributed by atoms with Crippen LogP contribution in [0.4, 0.5) is 0 Å². The van der Waals surface area contributed by atoms with Gasteiger partial charge in [-0.3, -0.25) is 0 Å². The van der Waals surface area contributed by atoms with Gasteiger partial charge in [-0.15, -0.1) is 0 Å². The van der Waals surface area contributed by atoms with Crippen LogP contribution < -0.4 is 0 Å². The van der Waals surface area contributed by atoms with Crippen LogP contribution in [0.1, 0.15) is 47.2 Å². The predicted molar refractivity (Wildman–Crippen MR) is 121 cm³/mol. The quantitative estimate of drug-likeness (QED) is 0.389. The van der Waals surface area contributed by atoms with Crippen molar-refractivity contribution in [3.8, 4) is 11.1 Å². The summed E-state index contributed by atoms with van der Waals surface area (Å²) >= 11 is 0. The van der Waals surface area contributed by atoms with Crippen molar-refractivity contribution in [3.63, 3.8) is 0 Å². The molecule has 0 aliphatic rings. The standard InChI is InChI=1S/C26H26N2O2/c1-17(2)28-24-16-22(20-10-6-5-7-11-20)18(3)13-23(24)27-25(28)15-19-9-8-12-21(14-19)26(29)30-4/h5-14,16-17H,15H2,1-4H3. The van der Waals surface area contributed by atoms with Gasteiger partial charge in [-0.1, -0.05) is 42.5 Å². The van der Waals surface area contributed by atoms with Crippen LogP contribution in [0.3, 0.4) is 0 Å². The van der Waals surface area contributed by atoms with Gasteiger partial charge in [0.1, 0.15) is 5.82 Å². The highest BCUT2D eigenvalue weighted by molar-refractivity contribution is 5.89. The number of nitrogens with zero attached hydrogens (tertiary/aromatic N) is 2. The first-order valence-corrected chi connectivity index (χ1v) is 10.2. The summed E-state index contributed by atoms with van der Waals surface area (Å²) in [5.74, 6) is 0.670. The Kier molecular flexibility index (Phi) is 5.40. The number of carbonyl (C=O) groups excluding carboxylic acids is 1. The van der Waals surface area contributed by atoms with Crippen molar-refractivity contribution in [2.24, 2.45) is 0 Å². The van der Waals surface area contributed by atoms with E-state index >= 15 is 0 Å². The number of hydrogen-bond acceptors (Lipinski definition) is 3. The SMILES string of the molecule is COC(=O)c1cccc(Cc2nc3cc(C)c(-c4ccccc4)cc3n2C(C)C)c1. The number of esters is 1. The Morgan fingerprint density at radius 3 is 2.50 bits per heavy atom. The molecule has 0 aliphatic heterocycles. The van der Waals surface area contributed by atoms with Gasteiger partial charge < -0.3 is 9.30 Å². The van der Waals surface area contributed by atoms with Gasteiger partial charge in [0.25, 0.3) is 0 Å². The zero-order valence-electron chi connectivity index (χ0n) is 17.8. The number of carbonyl (C=O) groups is 1. The highest BCUT2D eigenvalue weighted by atomic mass is 16.5. The topological polar surface area (TPSA) is 44.1 Å². The number of fused-ring (bicyclic) bond motifs is 1. The molecule has 0 spiro atoms. The summed E-state index contributed by atoms with van der Waals surface area (Å²) in [6.45, 7) is 6.49. The second-order valence-corrected chi connectivity index (χ2v) is 7.88. The van der Waals surface area contributed by atoms with E-state index in [4.69, 9.17) is 9.72 Å². The van der Waals surface area contributed by atoms with Crippen molar-refractivity contribution in [1.82, 2.24) is 9.55 Å². The number of hydrogen-bond donors (Lipinski definition) is 0. The molecular weight excluding hydrogens is 372 g/mol. The molecule has 0 amide bonds. The summed E-state index contributed by atoms with van der Waals surface area (Å²) in [6.07, 6.45) is 0.650. The third-order valence-corrected chi connectivity index (χ3v) is 5.42. The second kappa shape index (κ2) is 8.15. The van der Waals surface area contributed by atoms with Crippen molar-refractivity contribution in [3.05, 3.63) is 89.2 Å². The number of benzene rings is 3. The normalized spacial score (nSPS) is 11.2. The first kappa shape index (κ1) is 19.9. The first-order chi connectivity index (χ1) is 14.5. The fourth-order valence-electron chi connectivity index (χ4n) is 4.03. The molecule has 0 N–H and O–H groups in total. The van der Waals surface area contributed by atoms with Crippen molar-refractivity contribution >= 4 is 17.0 Å². The maximum Gasteiger partial charge on any atom is 0.337 e. The highest BCUT2D eigenvalue weighted by Gasteiger charge is 2.17. The lowest BCUT2D eigenvalue weighted by Gasteiger charge is -2.14. The summed E-state index contributed by atoms with van der Waals surface area (Å²) in [4.78, 5) is 16.9. The minimum absolute atomic E-state index is 0.264. The number of aromatic nitrogens is 2. The predicted octanol–water partition coefficient (Wildman–Crippen LogP) is 5.97. The Morgan fingerprint density at radius 2 is 1.80 bits per heavy atom. The van der Waals surface area contributed by atoms with Crippen molar-refractivity contribution in [1.29, 1.82) is 0 Å². The highest BCUT2D eigenvalue weighted by Crippen LogP contribution is 2.31. The zero-order chi connectivity index (χ0) is 21.3. The lowest BCUT2D eigenvalue weighted by Crippen LogP contribution is -2.08. The van der Waals surface area contributed by atoms with E-state index in [0.29, 0.717) is 12.0 Å². The molecule has 4 heteroatoms. The van der Waals surface area contributed by atoms with Crippen LogP contribution in [0.15, 0.2) is 66.7 Å². The van der Waals surface area contributed by atoms with Crippen molar-refractivity contribution in [2.75, 3.05) is 7.11 Å². The smallest absolute Gasteiger partial charge is 0.337 e. The van der Waals surface area contributed by atoms with E-state index < -0.39 is 0 Å². The third-order valence-electron chi connectivity index (χ3n) is 5.42. The minimum atomic E-state index is -0.322. The molecule has 0 saturated carbocycles. The van der Waals surface area contributed by atoms with Gasteiger partial charge in [0.15, 0.2) is 0 Å². The number of ether oxygens (including phenoxy) is 1. The van der Waals surface area contributed by atoms with Gasteiger partial charge >= 0.3 is 5.97 Å². The molecule has 1 heterocycles. The number of imidazole rings is 1. The van der Waals surface area contributed by atoms with Gasteiger partial charge in [0.2, 0.25) is 0 Å². The summed E-state index contributed by atoms with van der Waals surface area (Å²) in [5, 5.41) is 0. The molecular formula is C26H26N2O2. The van der Waals surface area contributed by atoms with E-state index in [9.17, 15) is 4.79 Å². The van der Waals surface area contributed by atoms with Gasteiger partial charge in [-0.05, 0) is 67.3 Å². The van der Waals surface area contributed by atoms with Crippen LogP contribution in [0.2, 0.25) is 0 Å². The number of rotatable bonds is 5. The second-order valence-electron chi connectivity index (χ2n) is 7.88. The van der Waals surface area contributed by atoms with E-state index in [2.05, 4.69) is 61.7 Å². The Hall–Kier alpha value is -3.40. The maximum absolute atomic E-state index is 11.9. The average Bonchev–Trinajstić information content (AvgIpc) is 3.10. The molecule has 0 radical (unpaired) electrons. The van der Waals surface area contributed by atoms with Crippen LogP contribution in [-0.4, -0.2) is 22.6 Å². The maximum atomic E-state index is 11.9. The Morgan fingerprint density at radius 1 is 1.03 bits per heavy atom. The molecule has 1 aromatic heterocycles. The lowest BCUT2D eigenvalue weighted by molar-refractivity contribution is 0.0600. The minimum Gasteiger partial charge on any atom is -0.465 e. The molecule has 152 valence electrons. The molecule has 0 bridgehead atoms. The molecule has 4 aromatic rings. The van der Waals surface area contributed by atoms with E-state index in [-0.39, 0.29) is 12.0 Å². The molecule has 4 rings (SSSR count). The lowest BCUT2D eigenvalue weighted by atomic mass is 10.00. The molecule has 0 aliphatic carbocycles. The fourth-order valence-corrected chi connectivity index (χ4v) is 4.03. The molecule has 0 fully saturated rings. The van der Waals surface area contributed by atoms with Crippen LogP contribution in [0.5, 0.6) is 0 Å². The Bertz CT molecular complexity index is 1210. The van der Waals surface area contributed by atoms with E-state index in [1.54, 1.807) is 6.07 Å². The van der Waals surface area contributed by atoms with E-state index in [0.717, 1.165) is 22.4 Å². The Balaban J connectivity index is 1.81. The molecule has 4 nitrogen and oxygen atoms in total. The van der Waals surface area contributed by atoms with E-state index in [1.807, 2.05) is 24.3 Å². The summed E-state index contributed by atoms with van der Waals surface area (Å²) in [7, 11) is 1.40. The zero-order valence-corrected chi connectivity index (χ0v) is 17.8. The molecule has 3 aromatic carbocycles. The van der Waals surface area contributed by atoms with Crippen molar-refractivity contribution in [2.45, 2.75) is 33.2 Å². The monoisotopic (exact) mass is 398 g/mol. The van der Waals surface area contributed by atoms with Crippen LogP contribution in [0, 0.1) is 6.92 Å². The molecule has 30 heavy (non-hydrogen) atoms.